The molecule has 1 N–H and O–H groups in total. The van der Waals surface area contributed by atoms with Crippen molar-refractivity contribution < 1.29 is 9.90 Å². The van der Waals surface area contributed by atoms with Gasteiger partial charge in [-0.25, -0.2) is 4.79 Å². The molecule has 0 aliphatic rings. The Kier molecular flexibility index (Phi) is 2.19. The number of aromatic nitrogens is 2. The molecule has 5 heteroatoms. The molecule has 3 aromatic rings. The smallest absolute Gasteiger partial charge is 0.348 e. The zero-order chi connectivity index (χ0) is 11.8. The molecule has 4 nitrogen and oxygen atoms in total. The van der Waals surface area contributed by atoms with Gasteiger partial charge < -0.3 is 9.67 Å². The average molecular weight is 244 g/mol. The summed E-state index contributed by atoms with van der Waals surface area (Å²) >= 11 is 1.25. The molecule has 3 rings (SSSR count). The second-order valence-electron chi connectivity index (χ2n) is 3.55. The molecular formula is C12H8N2O2S. The Hall–Kier alpha value is -2.14. The number of rotatable bonds is 2. The van der Waals surface area contributed by atoms with E-state index < -0.39 is 5.97 Å². The molecule has 84 valence electrons. The van der Waals surface area contributed by atoms with Crippen LogP contribution in [0, 0.1) is 0 Å². The van der Waals surface area contributed by atoms with Crippen molar-refractivity contribution in [3.8, 4) is 5.69 Å². The van der Waals surface area contributed by atoms with E-state index in [0.717, 1.165) is 10.1 Å². The van der Waals surface area contributed by atoms with Crippen molar-refractivity contribution in [1.29, 1.82) is 0 Å². The highest BCUT2D eigenvalue weighted by molar-refractivity contribution is 7.21. The van der Waals surface area contributed by atoms with Crippen molar-refractivity contribution in [2.75, 3.05) is 0 Å². The number of pyridine rings is 1. The van der Waals surface area contributed by atoms with Crippen LogP contribution < -0.4 is 0 Å². The first kappa shape index (κ1) is 10.0. The molecule has 17 heavy (non-hydrogen) atoms. The molecule has 0 spiro atoms. The lowest BCUT2D eigenvalue weighted by molar-refractivity contribution is 0.0702. The van der Waals surface area contributed by atoms with Crippen LogP contribution in [-0.4, -0.2) is 20.6 Å². The predicted molar refractivity (Wildman–Crippen MR) is 65.9 cm³/mol. The van der Waals surface area contributed by atoms with E-state index >= 15 is 0 Å². The third-order valence-electron chi connectivity index (χ3n) is 2.52. The van der Waals surface area contributed by atoms with E-state index in [0.29, 0.717) is 10.6 Å². The van der Waals surface area contributed by atoms with Gasteiger partial charge in [0.2, 0.25) is 0 Å². The van der Waals surface area contributed by atoms with E-state index in [1.807, 2.05) is 35.2 Å². The van der Waals surface area contributed by atoms with Crippen molar-refractivity contribution in [3.63, 3.8) is 0 Å². The first-order valence-electron chi connectivity index (χ1n) is 5.00. The molecule has 3 heterocycles. The van der Waals surface area contributed by atoms with Crippen LogP contribution in [0.2, 0.25) is 0 Å². The van der Waals surface area contributed by atoms with Crippen molar-refractivity contribution in [3.05, 3.63) is 47.9 Å². The summed E-state index contributed by atoms with van der Waals surface area (Å²) in [6.45, 7) is 0. The van der Waals surface area contributed by atoms with Crippen LogP contribution in [0.4, 0.5) is 0 Å². The number of carboxylic acid groups (broad SMARTS) is 1. The number of nitrogens with zero attached hydrogens (tertiary/aromatic N) is 2. The Morgan fingerprint density at radius 3 is 2.82 bits per heavy atom. The molecule has 0 saturated carbocycles. The fraction of sp³-hybridized carbons (Fsp3) is 0. The van der Waals surface area contributed by atoms with E-state index in [-0.39, 0.29) is 0 Å². The summed E-state index contributed by atoms with van der Waals surface area (Å²) in [5.41, 5.74) is 0.713. The van der Waals surface area contributed by atoms with Gasteiger partial charge in [-0.05, 0) is 18.2 Å². The molecule has 3 aromatic heterocycles. The molecule has 0 saturated heterocycles. The van der Waals surface area contributed by atoms with Gasteiger partial charge in [0.1, 0.15) is 4.88 Å². The molecule has 0 radical (unpaired) electrons. The van der Waals surface area contributed by atoms with Crippen LogP contribution >= 0.6 is 11.3 Å². The van der Waals surface area contributed by atoms with Crippen LogP contribution in [0.1, 0.15) is 9.67 Å². The lowest BCUT2D eigenvalue weighted by atomic mass is 10.2. The van der Waals surface area contributed by atoms with Gasteiger partial charge in [-0.2, -0.15) is 0 Å². The normalized spacial score (nSPS) is 10.8. The second-order valence-corrected chi connectivity index (χ2v) is 4.60. The van der Waals surface area contributed by atoms with E-state index in [9.17, 15) is 9.90 Å². The summed E-state index contributed by atoms with van der Waals surface area (Å²) in [6, 6.07) is 5.58. The highest BCUT2D eigenvalue weighted by atomic mass is 32.1. The van der Waals surface area contributed by atoms with Gasteiger partial charge in [-0.1, -0.05) is 0 Å². The zero-order valence-corrected chi connectivity index (χ0v) is 9.52. The Bertz CT molecular complexity index is 686. The summed E-state index contributed by atoms with van der Waals surface area (Å²) in [5, 5.41) is 10.2. The van der Waals surface area contributed by atoms with Gasteiger partial charge in [-0.15, -0.1) is 11.3 Å². The molecule has 0 aromatic carbocycles. The Labute approximate surface area is 101 Å². The maximum Gasteiger partial charge on any atom is 0.348 e. The standard InChI is InChI=1S/C12H8N2O2S/c15-12(16)11-10(14-5-1-2-6-14)8-3-4-13-7-9(8)17-11/h1-7H,(H,15,16). The summed E-state index contributed by atoms with van der Waals surface area (Å²) in [4.78, 5) is 15.6. The molecule has 0 aliphatic heterocycles. The minimum Gasteiger partial charge on any atom is -0.477 e. The second kappa shape index (κ2) is 3.71. The Balaban J connectivity index is 2.40. The average Bonchev–Trinajstić information content (AvgIpc) is 2.94. The van der Waals surface area contributed by atoms with Gasteiger partial charge in [0, 0.05) is 30.2 Å². The highest BCUT2D eigenvalue weighted by Gasteiger charge is 2.18. The number of hydrogen-bond donors (Lipinski definition) is 1. The highest BCUT2D eigenvalue weighted by Crippen LogP contribution is 2.33. The molecular weight excluding hydrogens is 236 g/mol. The molecule has 0 bridgehead atoms. The first-order valence-corrected chi connectivity index (χ1v) is 5.82. The molecule has 0 amide bonds. The minimum absolute atomic E-state index is 0.337. The largest absolute Gasteiger partial charge is 0.477 e. The number of thiophene rings is 1. The van der Waals surface area contributed by atoms with Crippen LogP contribution in [-0.2, 0) is 0 Å². The maximum atomic E-state index is 11.3. The Morgan fingerprint density at radius 2 is 2.12 bits per heavy atom. The van der Waals surface area contributed by atoms with Gasteiger partial charge >= 0.3 is 5.97 Å². The third-order valence-corrected chi connectivity index (χ3v) is 3.64. The summed E-state index contributed by atoms with van der Waals surface area (Å²) in [5.74, 6) is -0.907. The summed E-state index contributed by atoms with van der Waals surface area (Å²) < 4.78 is 2.70. The van der Waals surface area contributed by atoms with Crippen molar-refractivity contribution >= 4 is 27.4 Å². The van der Waals surface area contributed by atoms with E-state index in [4.69, 9.17) is 0 Å². The SMILES string of the molecule is O=C(O)c1sc2cnccc2c1-n1cccc1. The van der Waals surface area contributed by atoms with Crippen molar-refractivity contribution in [2.45, 2.75) is 0 Å². The van der Waals surface area contributed by atoms with Crippen LogP contribution in [0.25, 0.3) is 15.8 Å². The monoisotopic (exact) mass is 244 g/mol. The molecule has 0 unspecified atom stereocenters. The van der Waals surface area contributed by atoms with Crippen LogP contribution in [0.5, 0.6) is 0 Å². The zero-order valence-electron chi connectivity index (χ0n) is 8.70. The topological polar surface area (TPSA) is 55.1 Å². The lowest BCUT2D eigenvalue weighted by Gasteiger charge is -2.02. The number of hydrogen-bond acceptors (Lipinski definition) is 3. The van der Waals surface area contributed by atoms with Crippen molar-refractivity contribution in [2.24, 2.45) is 0 Å². The van der Waals surface area contributed by atoms with Crippen LogP contribution in [0.3, 0.4) is 0 Å². The van der Waals surface area contributed by atoms with Gasteiger partial charge in [0.05, 0.1) is 10.4 Å². The fourth-order valence-corrected chi connectivity index (χ4v) is 2.83. The number of carbonyl (C=O) groups is 1. The summed E-state index contributed by atoms with van der Waals surface area (Å²) in [7, 11) is 0. The van der Waals surface area contributed by atoms with Gasteiger partial charge in [0.15, 0.2) is 0 Å². The minimum atomic E-state index is -0.907. The number of carboxylic acids is 1. The van der Waals surface area contributed by atoms with E-state index in [1.54, 1.807) is 12.4 Å². The number of fused-ring (bicyclic) bond motifs is 1. The fourth-order valence-electron chi connectivity index (χ4n) is 1.82. The van der Waals surface area contributed by atoms with Gasteiger partial charge in [-0.3, -0.25) is 4.98 Å². The number of aromatic carboxylic acids is 1. The lowest BCUT2D eigenvalue weighted by Crippen LogP contribution is -1.99. The van der Waals surface area contributed by atoms with Crippen LogP contribution in [0.15, 0.2) is 43.0 Å². The van der Waals surface area contributed by atoms with E-state index in [1.165, 1.54) is 11.3 Å². The molecule has 0 aliphatic carbocycles. The first-order chi connectivity index (χ1) is 8.27. The van der Waals surface area contributed by atoms with Gasteiger partial charge in [0.25, 0.3) is 0 Å². The predicted octanol–water partition coefficient (Wildman–Crippen LogP) is 2.79. The Morgan fingerprint density at radius 1 is 1.35 bits per heavy atom. The molecule has 0 fully saturated rings. The summed E-state index contributed by atoms with van der Waals surface area (Å²) in [6.07, 6.45) is 7.05. The maximum absolute atomic E-state index is 11.3. The third kappa shape index (κ3) is 1.52. The van der Waals surface area contributed by atoms with E-state index in [2.05, 4.69) is 4.98 Å². The van der Waals surface area contributed by atoms with Crippen molar-refractivity contribution in [1.82, 2.24) is 9.55 Å². The molecule has 0 atom stereocenters. The quantitative estimate of drug-likeness (QED) is 0.754.